The number of nitrogens with zero attached hydrogens (tertiary/aromatic N) is 1. The Morgan fingerprint density at radius 3 is 2.91 bits per heavy atom. The average Bonchev–Trinajstić information content (AvgIpc) is 2.52. The molecule has 1 saturated heterocycles. The molecule has 0 bridgehead atoms. The molecule has 1 unspecified atom stereocenters. The summed E-state index contributed by atoms with van der Waals surface area (Å²) in [4.78, 5) is 38.2. The Morgan fingerprint density at radius 1 is 1.35 bits per heavy atom. The van der Waals surface area contributed by atoms with Gasteiger partial charge in [0.2, 0.25) is 11.8 Å². The number of piperidine rings is 1. The van der Waals surface area contributed by atoms with Crippen LogP contribution in [-0.2, 0) is 25.7 Å². The van der Waals surface area contributed by atoms with Crippen molar-refractivity contribution in [2.75, 3.05) is 0 Å². The van der Waals surface area contributed by atoms with E-state index < -0.39 is 0 Å². The molecule has 6 heteroatoms. The van der Waals surface area contributed by atoms with Gasteiger partial charge in [-0.3, -0.25) is 24.7 Å². The molecule has 0 aliphatic carbocycles. The van der Waals surface area contributed by atoms with Crippen molar-refractivity contribution in [3.8, 4) is 0 Å². The van der Waals surface area contributed by atoms with Crippen molar-refractivity contribution in [1.82, 2.24) is 10.3 Å². The van der Waals surface area contributed by atoms with Gasteiger partial charge >= 0.3 is 0 Å². The molecular formula is C17H16N2O4. The number of carbonyl (C=O) groups is 3. The monoisotopic (exact) mass is 312 g/mol. The molecule has 1 aromatic heterocycles. The van der Waals surface area contributed by atoms with Crippen LogP contribution < -0.4 is 5.32 Å². The van der Waals surface area contributed by atoms with Gasteiger partial charge in [0.05, 0.1) is 11.4 Å². The summed E-state index contributed by atoms with van der Waals surface area (Å²) in [6.45, 7) is 2.47. The van der Waals surface area contributed by atoms with Crippen LogP contribution >= 0.6 is 0 Å². The van der Waals surface area contributed by atoms with Crippen LogP contribution in [-0.4, -0.2) is 23.3 Å². The van der Waals surface area contributed by atoms with E-state index in [-0.39, 0.29) is 24.3 Å². The van der Waals surface area contributed by atoms with Crippen molar-refractivity contribution in [3.63, 3.8) is 0 Å². The van der Waals surface area contributed by atoms with Gasteiger partial charge in [-0.05, 0) is 36.6 Å². The molecule has 0 saturated carbocycles. The van der Waals surface area contributed by atoms with Gasteiger partial charge in [0.25, 0.3) is 6.47 Å². The number of imide groups is 1. The second kappa shape index (κ2) is 6.16. The van der Waals surface area contributed by atoms with Gasteiger partial charge in [-0.25, -0.2) is 0 Å². The third kappa shape index (κ3) is 3.06. The maximum atomic E-state index is 12.1. The molecule has 2 amide bonds. The number of hydrogen-bond acceptors (Lipinski definition) is 5. The zero-order valence-corrected chi connectivity index (χ0v) is 12.7. The molecule has 0 spiro atoms. The Labute approximate surface area is 132 Å². The lowest BCUT2D eigenvalue weighted by Crippen LogP contribution is -2.39. The summed E-state index contributed by atoms with van der Waals surface area (Å²) in [5, 5.41) is 3.29. The number of hydrogen-bond donors (Lipinski definition) is 1. The van der Waals surface area contributed by atoms with Crippen LogP contribution in [0, 0.1) is 6.92 Å². The highest BCUT2D eigenvalue weighted by atomic mass is 16.5. The van der Waals surface area contributed by atoms with Gasteiger partial charge in [-0.2, -0.15) is 0 Å². The Balaban J connectivity index is 1.96. The maximum Gasteiger partial charge on any atom is 0.293 e. The number of benzene rings is 1. The molecule has 3 rings (SSSR count). The molecule has 118 valence electrons. The second-order valence-electron chi connectivity index (χ2n) is 5.60. The van der Waals surface area contributed by atoms with Crippen molar-refractivity contribution in [1.29, 1.82) is 0 Å². The van der Waals surface area contributed by atoms with Crippen LogP contribution in [0.25, 0.3) is 10.9 Å². The number of fused-ring (bicyclic) bond motifs is 1. The lowest BCUT2D eigenvalue weighted by Gasteiger charge is -2.22. The van der Waals surface area contributed by atoms with Gasteiger partial charge in [-0.1, -0.05) is 12.1 Å². The number of pyridine rings is 1. The second-order valence-corrected chi connectivity index (χ2v) is 5.60. The molecule has 2 aromatic rings. The molecule has 1 aromatic carbocycles. The van der Waals surface area contributed by atoms with Crippen molar-refractivity contribution < 1.29 is 19.1 Å². The topological polar surface area (TPSA) is 85.4 Å². The number of amides is 2. The van der Waals surface area contributed by atoms with Crippen molar-refractivity contribution in [2.45, 2.75) is 32.3 Å². The highest BCUT2D eigenvalue weighted by molar-refractivity contribution is 6.01. The van der Waals surface area contributed by atoms with Crippen LogP contribution in [0.3, 0.4) is 0 Å². The first-order valence-corrected chi connectivity index (χ1v) is 7.37. The van der Waals surface area contributed by atoms with Gasteiger partial charge < -0.3 is 4.74 Å². The number of rotatable bonds is 4. The third-order valence-corrected chi connectivity index (χ3v) is 4.04. The molecule has 1 fully saturated rings. The SMILES string of the molecule is Cc1nc2cc(COC=O)ccc2cc1C1CCC(=O)NC1=O. The van der Waals surface area contributed by atoms with Gasteiger partial charge in [-0.15, -0.1) is 0 Å². The molecule has 23 heavy (non-hydrogen) atoms. The quantitative estimate of drug-likeness (QED) is 0.686. The highest BCUT2D eigenvalue weighted by Crippen LogP contribution is 2.29. The van der Waals surface area contributed by atoms with Gasteiger partial charge in [0, 0.05) is 17.5 Å². The van der Waals surface area contributed by atoms with Gasteiger partial charge in [0.1, 0.15) is 6.61 Å². The van der Waals surface area contributed by atoms with Crippen LogP contribution in [0.5, 0.6) is 0 Å². The van der Waals surface area contributed by atoms with Crippen molar-refractivity contribution in [2.24, 2.45) is 0 Å². The largest absolute Gasteiger partial charge is 0.463 e. The number of carbonyl (C=O) groups excluding carboxylic acids is 3. The zero-order chi connectivity index (χ0) is 16.4. The first kappa shape index (κ1) is 15.1. The summed E-state index contributed by atoms with van der Waals surface area (Å²) in [5.41, 5.74) is 3.25. The minimum absolute atomic E-state index is 0.203. The van der Waals surface area contributed by atoms with Crippen LogP contribution in [0.4, 0.5) is 0 Å². The molecule has 2 heterocycles. The molecule has 0 radical (unpaired) electrons. The van der Waals surface area contributed by atoms with E-state index in [9.17, 15) is 14.4 Å². The standard InChI is InChI=1S/C17H16N2O4/c1-10-14(13-4-5-16(21)19-17(13)22)7-12-3-2-11(8-23-9-20)6-15(12)18-10/h2-3,6-7,9,13H,4-5,8H2,1H3,(H,19,21,22). The highest BCUT2D eigenvalue weighted by Gasteiger charge is 2.29. The summed E-state index contributed by atoms with van der Waals surface area (Å²) in [5.74, 6) is -0.832. The van der Waals surface area contributed by atoms with Crippen LogP contribution in [0.2, 0.25) is 0 Å². The summed E-state index contributed by atoms with van der Waals surface area (Å²) in [6, 6.07) is 7.56. The lowest BCUT2D eigenvalue weighted by molar-refractivity contribution is -0.134. The molecule has 1 aliphatic rings. The van der Waals surface area contributed by atoms with E-state index >= 15 is 0 Å². The summed E-state index contributed by atoms with van der Waals surface area (Å²) >= 11 is 0. The Kier molecular flexibility index (Phi) is 4.06. The van der Waals surface area contributed by atoms with E-state index in [4.69, 9.17) is 4.74 Å². The van der Waals surface area contributed by atoms with E-state index in [0.717, 1.165) is 27.7 Å². The van der Waals surface area contributed by atoms with Crippen molar-refractivity contribution >= 4 is 29.2 Å². The fraction of sp³-hybridized carbons (Fsp3) is 0.294. The zero-order valence-electron chi connectivity index (χ0n) is 12.7. The van der Waals surface area contributed by atoms with E-state index in [1.807, 2.05) is 31.2 Å². The van der Waals surface area contributed by atoms with Crippen LogP contribution in [0.15, 0.2) is 24.3 Å². The fourth-order valence-electron chi connectivity index (χ4n) is 2.89. The Bertz CT molecular complexity index is 801. The summed E-state index contributed by atoms with van der Waals surface area (Å²) in [6.07, 6.45) is 0.847. The predicted octanol–water partition coefficient (Wildman–Crippen LogP) is 1.74. The average molecular weight is 312 g/mol. The number of aryl methyl sites for hydroxylation is 1. The first-order valence-electron chi connectivity index (χ1n) is 7.37. The molecule has 1 N–H and O–H groups in total. The number of ether oxygens (including phenoxy) is 1. The summed E-state index contributed by atoms with van der Waals surface area (Å²) < 4.78 is 4.75. The summed E-state index contributed by atoms with van der Waals surface area (Å²) in [7, 11) is 0. The van der Waals surface area contributed by atoms with E-state index in [1.165, 1.54) is 0 Å². The normalized spacial score (nSPS) is 17.9. The minimum atomic E-state index is -0.345. The third-order valence-electron chi connectivity index (χ3n) is 4.04. The lowest BCUT2D eigenvalue weighted by atomic mass is 9.89. The van der Waals surface area contributed by atoms with Gasteiger partial charge in [0.15, 0.2) is 0 Å². The minimum Gasteiger partial charge on any atom is -0.463 e. The van der Waals surface area contributed by atoms with Crippen molar-refractivity contribution in [3.05, 3.63) is 41.1 Å². The molecule has 1 aliphatic heterocycles. The van der Waals surface area contributed by atoms with E-state index in [1.54, 1.807) is 0 Å². The predicted molar refractivity (Wildman–Crippen MR) is 82.5 cm³/mol. The number of aromatic nitrogens is 1. The number of nitrogens with one attached hydrogen (secondary N) is 1. The Morgan fingerprint density at radius 2 is 2.17 bits per heavy atom. The van der Waals surface area contributed by atoms with Crippen LogP contribution in [0.1, 0.15) is 35.6 Å². The molecule has 6 nitrogen and oxygen atoms in total. The Hall–Kier alpha value is -2.76. The maximum absolute atomic E-state index is 12.1. The smallest absolute Gasteiger partial charge is 0.293 e. The molecule has 1 atom stereocenters. The van der Waals surface area contributed by atoms with E-state index in [2.05, 4.69) is 10.3 Å². The fourth-order valence-corrected chi connectivity index (χ4v) is 2.89. The molecular weight excluding hydrogens is 296 g/mol. The first-order chi connectivity index (χ1) is 11.1. The van der Waals surface area contributed by atoms with E-state index in [0.29, 0.717) is 19.3 Å².